The number of halogens is 1. The van der Waals surface area contributed by atoms with Gasteiger partial charge in [-0.3, -0.25) is 0 Å². The molecule has 3 aromatic rings. The lowest BCUT2D eigenvalue weighted by molar-refractivity contribution is 0.630. The van der Waals surface area contributed by atoms with Crippen LogP contribution in [0.4, 0.5) is 4.39 Å². The molecule has 0 saturated carbocycles. The molecule has 0 fully saturated rings. The third-order valence-electron chi connectivity index (χ3n) is 2.54. The molecule has 0 unspecified atom stereocenters. The van der Waals surface area contributed by atoms with Gasteiger partial charge in [-0.15, -0.1) is 0 Å². The van der Waals surface area contributed by atoms with Crippen LogP contribution in [0.2, 0.25) is 0 Å². The van der Waals surface area contributed by atoms with Gasteiger partial charge < -0.3 is 4.98 Å². The van der Waals surface area contributed by atoms with E-state index in [0.717, 1.165) is 5.56 Å². The van der Waals surface area contributed by atoms with Crippen LogP contribution < -0.4 is 0 Å². The molecule has 0 bridgehead atoms. The molecule has 3 rings (SSSR count). The average Bonchev–Trinajstić information content (AvgIpc) is 2.75. The lowest BCUT2D eigenvalue weighted by Crippen LogP contribution is -1.87. The molecule has 0 aliphatic carbocycles. The first-order chi connectivity index (χ1) is 8.24. The number of nitrogens with zero attached hydrogens (tertiary/aromatic N) is 3. The Bertz CT molecular complexity index is 657. The highest BCUT2D eigenvalue weighted by molar-refractivity contribution is 5.75. The van der Waals surface area contributed by atoms with Gasteiger partial charge >= 0.3 is 0 Å². The number of rotatable bonds is 1. The van der Waals surface area contributed by atoms with Gasteiger partial charge in [0.15, 0.2) is 5.65 Å². The topological polar surface area (TPSA) is 54.5 Å². The van der Waals surface area contributed by atoms with E-state index >= 15 is 0 Å². The van der Waals surface area contributed by atoms with Crippen molar-refractivity contribution < 1.29 is 4.39 Å². The molecule has 2 aromatic heterocycles. The van der Waals surface area contributed by atoms with E-state index in [2.05, 4.69) is 19.9 Å². The van der Waals surface area contributed by atoms with Crippen molar-refractivity contribution in [2.24, 2.45) is 0 Å². The fourth-order valence-electron chi connectivity index (χ4n) is 1.71. The fraction of sp³-hybridized carbons (Fsp3) is 0.0833. The van der Waals surface area contributed by atoms with Crippen molar-refractivity contribution in [3.63, 3.8) is 0 Å². The first-order valence-electron chi connectivity index (χ1n) is 5.16. The summed E-state index contributed by atoms with van der Waals surface area (Å²) >= 11 is 0. The molecule has 1 aromatic carbocycles. The molecule has 84 valence electrons. The highest BCUT2D eigenvalue weighted by atomic mass is 19.1. The van der Waals surface area contributed by atoms with Crippen LogP contribution in [-0.4, -0.2) is 19.9 Å². The lowest BCUT2D eigenvalue weighted by Gasteiger charge is -2.00. The van der Waals surface area contributed by atoms with Crippen molar-refractivity contribution in [2.45, 2.75) is 6.92 Å². The largest absolute Gasteiger partial charge is 0.335 e. The summed E-state index contributed by atoms with van der Waals surface area (Å²) in [7, 11) is 0. The van der Waals surface area contributed by atoms with Crippen molar-refractivity contribution in [1.29, 1.82) is 0 Å². The van der Waals surface area contributed by atoms with Gasteiger partial charge in [0.2, 0.25) is 0 Å². The molecule has 0 saturated heterocycles. The summed E-state index contributed by atoms with van der Waals surface area (Å²) < 4.78 is 13.7. The molecule has 5 heteroatoms. The summed E-state index contributed by atoms with van der Waals surface area (Å²) in [5.41, 5.74) is 2.66. The number of nitrogens with one attached hydrogen (secondary N) is 1. The Labute approximate surface area is 96.6 Å². The van der Waals surface area contributed by atoms with E-state index in [1.165, 1.54) is 12.4 Å². The zero-order valence-electron chi connectivity index (χ0n) is 9.11. The molecule has 0 spiro atoms. The van der Waals surface area contributed by atoms with Crippen LogP contribution in [0.1, 0.15) is 5.56 Å². The predicted molar refractivity (Wildman–Crippen MR) is 61.8 cm³/mol. The zero-order valence-corrected chi connectivity index (χ0v) is 9.11. The van der Waals surface area contributed by atoms with E-state index in [1.54, 1.807) is 18.3 Å². The summed E-state index contributed by atoms with van der Waals surface area (Å²) in [5, 5.41) is 0. The first kappa shape index (κ1) is 9.89. The highest BCUT2D eigenvalue weighted by Gasteiger charge is 2.10. The minimum Gasteiger partial charge on any atom is -0.335 e. The summed E-state index contributed by atoms with van der Waals surface area (Å²) in [5.74, 6) is 0.171. The number of H-pyrrole nitrogens is 1. The van der Waals surface area contributed by atoms with E-state index in [9.17, 15) is 4.39 Å². The van der Waals surface area contributed by atoms with Gasteiger partial charge in [-0.05, 0) is 19.1 Å². The van der Waals surface area contributed by atoms with Gasteiger partial charge in [-0.2, -0.15) is 0 Å². The van der Waals surface area contributed by atoms with Crippen LogP contribution in [-0.2, 0) is 0 Å². The maximum atomic E-state index is 13.7. The monoisotopic (exact) mass is 228 g/mol. The van der Waals surface area contributed by atoms with Crippen LogP contribution in [0, 0.1) is 12.7 Å². The standard InChI is InChI=1S/C12H9FN4/c1-7-2-3-9(13)8(4-7)11-16-10-5-14-6-15-12(10)17-11/h2-6H,1H3,(H,14,15,16,17). The van der Waals surface area contributed by atoms with E-state index < -0.39 is 0 Å². The molecule has 0 amide bonds. The number of benzene rings is 1. The summed E-state index contributed by atoms with van der Waals surface area (Å²) in [4.78, 5) is 15.1. The number of aromatic nitrogens is 4. The Kier molecular flexibility index (Phi) is 2.11. The second-order valence-electron chi connectivity index (χ2n) is 3.83. The Hall–Kier alpha value is -2.30. The predicted octanol–water partition coefficient (Wildman–Crippen LogP) is 2.47. The Morgan fingerprint density at radius 1 is 1.29 bits per heavy atom. The molecule has 17 heavy (non-hydrogen) atoms. The van der Waals surface area contributed by atoms with E-state index in [1.807, 2.05) is 6.92 Å². The normalized spacial score (nSPS) is 10.9. The van der Waals surface area contributed by atoms with Crippen LogP contribution in [0.25, 0.3) is 22.6 Å². The maximum Gasteiger partial charge on any atom is 0.181 e. The SMILES string of the molecule is Cc1ccc(F)c(-c2nc3ncncc3[nH]2)c1. The average molecular weight is 228 g/mol. The minimum atomic E-state index is -0.303. The van der Waals surface area contributed by atoms with Crippen molar-refractivity contribution >= 4 is 11.2 Å². The molecule has 0 atom stereocenters. The molecule has 2 heterocycles. The van der Waals surface area contributed by atoms with Gasteiger partial charge in [-0.1, -0.05) is 11.6 Å². The van der Waals surface area contributed by atoms with Crippen LogP contribution in [0.5, 0.6) is 0 Å². The number of aryl methyl sites for hydroxylation is 1. The molecule has 0 aliphatic rings. The fourth-order valence-corrected chi connectivity index (χ4v) is 1.71. The highest BCUT2D eigenvalue weighted by Crippen LogP contribution is 2.22. The van der Waals surface area contributed by atoms with Crippen LogP contribution in [0.15, 0.2) is 30.7 Å². The molecule has 1 N–H and O–H groups in total. The van der Waals surface area contributed by atoms with Gasteiger partial charge in [0.1, 0.15) is 23.5 Å². The molecular weight excluding hydrogens is 219 g/mol. The number of aromatic amines is 1. The Balaban J connectivity index is 2.23. The van der Waals surface area contributed by atoms with Gasteiger partial charge in [-0.25, -0.2) is 19.3 Å². The van der Waals surface area contributed by atoms with E-state index in [-0.39, 0.29) is 5.82 Å². The van der Waals surface area contributed by atoms with Crippen molar-refractivity contribution in [3.8, 4) is 11.4 Å². The summed E-state index contributed by atoms with van der Waals surface area (Å²) in [6.07, 6.45) is 3.03. The minimum absolute atomic E-state index is 0.303. The maximum absolute atomic E-state index is 13.7. The molecular formula is C12H9FN4. The quantitative estimate of drug-likeness (QED) is 0.696. The van der Waals surface area contributed by atoms with Gasteiger partial charge in [0.05, 0.1) is 11.8 Å². The van der Waals surface area contributed by atoms with Gasteiger partial charge in [0, 0.05) is 0 Å². The second-order valence-corrected chi connectivity index (χ2v) is 3.83. The summed E-state index contributed by atoms with van der Waals surface area (Å²) in [6.45, 7) is 1.91. The van der Waals surface area contributed by atoms with Crippen molar-refractivity contribution in [3.05, 3.63) is 42.1 Å². The van der Waals surface area contributed by atoms with E-state index in [0.29, 0.717) is 22.6 Å². The lowest BCUT2D eigenvalue weighted by atomic mass is 10.1. The van der Waals surface area contributed by atoms with Crippen LogP contribution >= 0.6 is 0 Å². The molecule has 0 aliphatic heterocycles. The first-order valence-corrected chi connectivity index (χ1v) is 5.16. The van der Waals surface area contributed by atoms with Crippen molar-refractivity contribution in [2.75, 3.05) is 0 Å². The Morgan fingerprint density at radius 3 is 3.00 bits per heavy atom. The molecule has 4 nitrogen and oxygen atoms in total. The smallest absolute Gasteiger partial charge is 0.181 e. The summed E-state index contributed by atoms with van der Waals surface area (Å²) in [6, 6.07) is 4.91. The Morgan fingerprint density at radius 2 is 2.18 bits per heavy atom. The second kappa shape index (κ2) is 3.62. The zero-order chi connectivity index (χ0) is 11.8. The van der Waals surface area contributed by atoms with Crippen molar-refractivity contribution in [1.82, 2.24) is 19.9 Å². The molecule has 0 radical (unpaired) electrons. The number of imidazole rings is 1. The third-order valence-corrected chi connectivity index (χ3v) is 2.54. The number of hydrogen-bond donors (Lipinski definition) is 1. The third kappa shape index (κ3) is 1.65. The number of hydrogen-bond acceptors (Lipinski definition) is 3. The number of fused-ring (bicyclic) bond motifs is 1. The van der Waals surface area contributed by atoms with E-state index in [4.69, 9.17) is 0 Å². The van der Waals surface area contributed by atoms with Crippen LogP contribution in [0.3, 0.4) is 0 Å². The van der Waals surface area contributed by atoms with Gasteiger partial charge in [0.25, 0.3) is 0 Å².